The number of primary sulfonamides is 1. The minimum absolute atomic E-state index is 0.107. The van der Waals surface area contributed by atoms with Crippen LogP contribution in [0.25, 0.3) is 0 Å². The van der Waals surface area contributed by atoms with Gasteiger partial charge >= 0.3 is 6.03 Å². The van der Waals surface area contributed by atoms with Gasteiger partial charge in [-0.15, -0.1) is 0 Å². The van der Waals surface area contributed by atoms with Gasteiger partial charge in [-0.1, -0.05) is 0 Å². The number of aromatic nitrogens is 2. The van der Waals surface area contributed by atoms with Crippen molar-refractivity contribution in [3.05, 3.63) is 18.6 Å². The third kappa shape index (κ3) is 3.61. The summed E-state index contributed by atoms with van der Waals surface area (Å²) in [5.41, 5.74) is 0. The molecule has 1 fully saturated rings. The highest BCUT2D eigenvalue weighted by atomic mass is 32.2. The number of urea groups is 1. The average molecular weight is 285 g/mol. The first-order valence-corrected chi connectivity index (χ1v) is 7.41. The molecule has 1 aromatic heterocycles. The van der Waals surface area contributed by atoms with Gasteiger partial charge in [-0.25, -0.2) is 28.3 Å². The molecule has 1 aromatic rings. The maximum atomic E-state index is 12.0. The van der Waals surface area contributed by atoms with E-state index in [4.69, 9.17) is 5.14 Å². The Labute approximate surface area is 111 Å². The van der Waals surface area contributed by atoms with Gasteiger partial charge in [0, 0.05) is 19.3 Å². The molecule has 0 aliphatic carbocycles. The number of amides is 2. The zero-order chi connectivity index (χ0) is 13.9. The number of hydrogen-bond donors (Lipinski definition) is 2. The fourth-order valence-corrected chi connectivity index (χ4v) is 2.83. The second-order valence-corrected chi connectivity index (χ2v) is 6.17. The second-order valence-electron chi connectivity index (χ2n) is 4.32. The van der Waals surface area contributed by atoms with Crippen LogP contribution in [0, 0.1) is 0 Å². The van der Waals surface area contributed by atoms with Crippen LogP contribution < -0.4 is 10.5 Å². The molecule has 1 atom stereocenters. The number of likely N-dealkylation sites (tertiary alicyclic amines) is 1. The Bertz CT molecular complexity index is 548. The summed E-state index contributed by atoms with van der Waals surface area (Å²) in [6, 6.07) is 1.17. The molecule has 1 aliphatic rings. The molecular weight excluding hydrogens is 270 g/mol. The quantitative estimate of drug-likeness (QED) is 0.777. The SMILES string of the molecule is NS(=O)(=O)C1CCCN(C(=O)Nc2ccncn2)C1. The predicted octanol–water partition coefficient (Wildman–Crippen LogP) is -0.239. The van der Waals surface area contributed by atoms with Crippen molar-refractivity contribution in [3.63, 3.8) is 0 Å². The number of sulfonamides is 1. The molecule has 8 nitrogen and oxygen atoms in total. The Kier molecular flexibility index (Phi) is 3.96. The van der Waals surface area contributed by atoms with Gasteiger partial charge in [0.25, 0.3) is 0 Å². The van der Waals surface area contributed by atoms with Crippen molar-refractivity contribution >= 4 is 21.9 Å². The minimum Gasteiger partial charge on any atom is -0.323 e. The molecular formula is C10H15N5O3S. The third-order valence-electron chi connectivity index (χ3n) is 2.95. The van der Waals surface area contributed by atoms with Crippen LogP contribution in [0.4, 0.5) is 10.6 Å². The largest absolute Gasteiger partial charge is 0.323 e. The summed E-state index contributed by atoms with van der Waals surface area (Å²) < 4.78 is 22.6. The summed E-state index contributed by atoms with van der Waals surface area (Å²) in [6.45, 7) is 0.610. The van der Waals surface area contributed by atoms with Crippen molar-refractivity contribution in [3.8, 4) is 0 Å². The highest BCUT2D eigenvalue weighted by Gasteiger charge is 2.30. The smallest absolute Gasteiger partial charge is 0.323 e. The van der Waals surface area contributed by atoms with Gasteiger partial charge in [-0.2, -0.15) is 0 Å². The zero-order valence-corrected chi connectivity index (χ0v) is 11.0. The molecule has 1 aliphatic heterocycles. The number of rotatable bonds is 2. The summed E-state index contributed by atoms with van der Waals surface area (Å²) in [5, 5.41) is 7.01. The van der Waals surface area contributed by atoms with E-state index in [0.29, 0.717) is 25.2 Å². The monoisotopic (exact) mass is 285 g/mol. The summed E-state index contributed by atoms with van der Waals surface area (Å²) in [6.07, 6.45) is 3.92. The lowest BCUT2D eigenvalue weighted by Gasteiger charge is -2.31. The molecule has 0 bridgehead atoms. The van der Waals surface area contributed by atoms with Crippen molar-refractivity contribution in [2.24, 2.45) is 5.14 Å². The van der Waals surface area contributed by atoms with Crippen LogP contribution in [0.2, 0.25) is 0 Å². The molecule has 0 aromatic carbocycles. The predicted molar refractivity (Wildman–Crippen MR) is 68.8 cm³/mol. The van der Waals surface area contributed by atoms with Gasteiger partial charge in [-0.3, -0.25) is 5.32 Å². The summed E-state index contributed by atoms with van der Waals surface area (Å²) in [5.74, 6) is 0.373. The Morgan fingerprint density at radius 3 is 2.95 bits per heavy atom. The van der Waals surface area contributed by atoms with Crippen molar-refractivity contribution in [2.45, 2.75) is 18.1 Å². The van der Waals surface area contributed by atoms with Crippen molar-refractivity contribution in [2.75, 3.05) is 18.4 Å². The molecule has 0 saturated carbocycles. The number of nitrogens with two attached hydrogens (primary N) is 1. The highest BCUT2D eigenvalue weighted by Crippen LogP contribution is 2.16. The van der Waals surface area contributed by atoms with Gasteiger partial charge in [-0.05, 0) is 18.9 Å². The first-order valence-electron chi connectivity index (χ1n) is 5.80. The number of carbonyl (C=O) groups excluding carboxylic acids is 1. The fraction of sp³-hybridized carbons (Fsp3) is 0.500. The topological polar surface area (TPSA) is 118 Å². The number of nitrogens with one attached hydrogen (secondary N) is 1. The zero-order valence-electron chi connectivity index (χ0n) is 10.2. The number of hydrogen-bond acceptors (Lipinski definition) is 5. The van der Waals surface area contributed by atoms with Crippen LogP contribution in [0.1, 0.15) is 12.8 Å². The number of anilines is 1. The van der Waals surface area contributed by atoms with E-state index in [0.717, 1.165) is 0 Å². The summed E-state index contributed by atoms with van der Waals surface area (Å²) >= 11 is 0. The molecule has 9 heteroatoms. The lowest BCUT2D eigenvalue weighted by Crippen LogP contribution is -2.48. The molecule has 104 valence electrons. The Morgan fingerprint density at radius 2 is 2.32 bits per heavy atom. The average Bonchev–Trinajstić information content (AvgIpc) is 2.39. The second kappa shape index (κ2) is 5.49. The highest BCUT2D eigenvalue weighted by molar-refractivity contribution is 7.89. The Hall–Kier alpha value is -1.74. The molecule has 3 N–H and O–H groups in total. The normalized spacial score (nSPS) is 20.1. The first-order chi connectivity index (χ1) is 8.97. The molecule has 2 amide bonds. The third-order valence-corrected chi connectivity index (χ3v) is 4.26. The Morgan fingerprint density at radius 1 is 1.53 bits per heavy atom. The maximum absolute atomic E-state index is 12.0. The van der Waals surface area contributed by atoms with E-state index < -0.39 is 15.3 Å². The molecule has 0 spiro atoms. The number of piperidine rings is 1. The standard InChI is InChI=1S/C10H15N5O3S/c11-19(17,18)8-2-1-5-15(6-8)10(16)14-9-3-4-12-7-13-9/h3-4,7-8H,1-2,5-6H2,(H2,11,17,18)(H,12,13,14,16). The van der Waals surface area contributed by atoms with E-state index in [1.54, 1.807) is 6.07 Å². The van der Waals surface area contributed by atoms with Gasteiger partial charge in [0.15, 0.2) is 0 Å². The van der Waals surface area contributed by atoms with E-state index >= 15 is 0 Å². The van der Waals surface area contributed by atoms with E-state index in [9.17, 15) is 13.2 Å². The van der Waals surface area contributed by atoms with Crippen LogP contribution in [0.3, 0.4) is 0 Å². The van der Waals surface area contributed by atoms with Crippen LogP contribution in [0.15, 0.2) is 18.6 Å². The van der Waals surface area contributed by atoms with Crippen molar-refractivity contribution in [1.29, 1.82) is 0 Å². The van der Waals surface area contributed by atoms with Crippen LogP contribution in [0.5, 0.6) is 0 Å². The van der Waals surface area contributed by atoms with Gasteiger partial charge in [0.2, 0.25) is 10.0 Å². The number of nitrogens with zero attached hydrogens (tertiary/aromatic N) is 3. The Balaban J connectivity index is 2.00. The summed E-state index contributed by atoms with van der Waals surface area (Å²) in [4.78, 5) is 21.0. The number of carbonyl (C=O) groups is 1. The molecule has 2 heterocycles. The molecule has 1 unspecified atom stereocenters. The van der Waals surface area contributed by atoms with Gasteiger partial charge < -0.3 is 4.90 Å². The fourth-order valence-electron chi connectivity index (χ4n) is 1.94. The maximum Gasteiger partial charge on any atom is 0.323 e. The van der Waals surface area contributed by atoms with E-state index in [-0.39, 0.29) is 12.6 Å². The lowest BCUT2D eigenvalue weighted by molar-refractivity contribution is 0.200. The molecule has 2 rings (SSSR count). The van der Waals surface area contributed by atoms with E-state index in [1.165, 1.54) is 17.4 Å². The van der Waals surface area contributed by atoms with Gasteiger partial charge in [0.05, 0.1) is 5.25 Å². The van der Waals surface area contributed by atoms with Crippen LogP contribution >= 0.6 is 0 Å². The molecule has 1 saturated heterocycles. The van der Waals surface area contributed by atoms with Crippen molar-refractivity contribution in [1.82, 2.24) is 14.9 Å². The lowest BCUT2D eigenvalue weighted by atomic mass is 10.1. The molecule has 0 radical (unpaired) electrons. The van der Waals surface area contributed by atoms with Crippen LogP contribution in [-0.2, 0) is 10.0 Å². The van der Waals surface area contributed by atoms with Crippen LogP contribution in [-0.4, -0.2) is 47.7 Å². The summed E-state index contributed by atoms with van der Waals surface area (Å²) in [7, 11) is -3.61. The van der Waals surface area contributed by atoms with Crippen molar-refractivity contribution < 1.29 is 13.2 Å². The van der Waals surface area contributed by atoms with Gasteiger partial charge in [0.1, 0.15) is 12.1 Å². The molecule has 19 heavy (non-hydrogen) atoms. The van der Waals surface area contributed by atoms with E-state index in [1.807, 2.05) is 0 Å². The first kappa shape index (κ1) is 13.7. The minimum atomic E-state index is -3.61. The van der Waals surface area contributed by atoms with E-state index in [2.05, 4.69) is 15.3 Å².